The van der Waals surface area contributed by atoms with E-state index < -0.39 is 24.2 Å². The fourth-order valence-electron chi connectivity index (χ4n) is 1.58. The van der Waals surface area contributed by atoms with Crippen molar-refractivity contribution < 1.29 is 23.1 Å². The molecule has 1 amide bonds. The Kier molecular flexibility index (Phi) is 2.98. The predicted molar refractivity (Wildman–Crippen MR) is 56.8 cm³/mol. The third kappa shape index (κ3) is 2.61. The first-order chi connectivity index (χ1) is 8.36. The second-order valence-corrected chi connectivity index (χ2v) is 3.84. The van der Waals surface area contributed by atoms with Crippen molar-refractivity contribution in [2.24, 2.45) is 5.10 Å². The number of rotatable bonds is 2. The SMILES string of the molecule is O=C1CC(C(F)(F)F)=NN1Cc1cccc(O)c1. The molecule has 1 aromatic carbocycles. The Morgan fingerprint density at radius 2 is 2.11 bits per heavy atom. The van der Waals surface area contributed by atoms with Crippen LogP contribution >= 0.6 is 0 Å². The number of carbonyl (C=O) groups is 1. The van der Waals surface area contributed by atoms with E-state index in [1.165, 1.54) is 12.1 Å². The van der Waals surface area contributed by atoms with E-state index in [-0.39, 0.29) is 12.3 Å². The normalized spacial score (nSPS) is 16.1. The average molecular weight is 258 g/mol. The minimum absolute atomic E-state index is 0.0147. The summed E-state index contributed by atoms with van der Waals surface area (Å²) >= 11 is 0. The number of amides is 1. The van der Waals surface area contributed by atoms with Crippen LogP contribution in [0.5, 0.6) is 5.75 Å². The van der Waals surface area contributed by atoms with Gasteiger partial charge in [-0.2, -0.15) is 18.3 Å². The Bertz CT molecular complexity index is 511. The van der Waals surface area contributed by atoms with Crippen LogP contribution in [0, 0.1) is 0 Å². The van der Waals surface area contributed by atoms with Gasteiger partial charge in [-0.3, -0.25) is 4.79 Å². The van der Waals surface area contributed by atoms with E-state index in [2.05, 4.69) is 5.10 Å². The van der Waals surface area contributed by atoms with Crippen molar-refractivity contribution in [2.45, 2.75) is 19.1 Å². The van der Waals surface area contributed by atoms with Gasteiger partial charge in [0.05, 0.1) is 13.0 Å². The lowest BCUT2D eigenvalue weighted by Crippen LogP contribution is -2.22. The van der Waals surface area contributed by atoms with Gasteiger partial charge in [-0.15, -0.1) is 0 Å². The minimum Gasteiger partial charge on any atom is -0.508 e. The van der Waals surface area contributed by atoms with Crippen LogP contribution < -0.4 is 0 Å². The van der Waals surface area contributed by atoms with Crippen molar-refractivity contribution in [1.29, 1.82) is 0 Å². The number of nitrogens with zero attached hydrogens (tertiary/aromatic N) is 2. The molecule has 0 unspecified atom stereocenters. The number of phenols is 1. The van der Waals surface area contributed by atoms with Crippen LogP contribution in [0.15, 0.2) is 29.4 Å². The number of phenolic OH excluding ortho intramolecular Hbond substituents is 1. The topological polar surface area (TPSA) is 52.9 Å². The number of alkyl halides is 3. The average Bonchev–Trinajstić information content (AvgIpc) is 2.60. The van der Waals surface area contributed by atoms with Crippen LogP contribution in [0.1, 0.15) is 12.0 Å². The summed E-state index contributed by atoms with van der Waals surface area (Å²) in [6, 6.07) is 5.93. The van der Waals surface area contributed by atoms with Gasteiger partial charge in [-0.1, -0.05) is 12.1 Å². The number of aromatic hydroxyl groups is 1. The summed E-state index contributed by atoms with van der Waals surface area (Å²) in [5.41, 5.74) is -0.580. The second kappa shape index (κ2) is 4.32. The smallest absolute Gasteiger partial charge is 0.431 e. The molecule has 0 spiro atoms. The Labute approximate surface area is 100 Å². The van der Waals surface area contributed by atoms with Crippen LogP contribution in [0.4, 0.5) is 13.2 Å². The number of halogens is 3. The standard InChI is InChI=1S/C11H9F3N2O2/c12-11(13,14)9-5-10(18)16(15-9)6-7-2-1-3-8(17)4-7/h1-4,17H,5-6H2. The van der Waals surface area contributed by atoms with Gasteiger partial charge < -0.3 is 5.11 Å². The number of carbonyl (C=O) groups excluding carboxylic acids is 1. The molecule has 0 atom stereocenters. The molecule has 18 heavy (non-hydrogen) atoms. The third-order valence-corrected chi connectivity index (χ3v) is 2.42. The van der Waals surface area contributed by atoms with E-state index in [1.54, 1.807) is 12.1 Å². The highest BCUT2D eigenvalue weighted by Crippen LogP contribution is 2.25. The molecule has 1 N–H and O–H groups in total. The summed E-state index contributed by atoms with van der Waals surface area (Å²) in [5, 5.41) is 13.2. The van der Waals surface area contributed by atoms with Gasteiger partial charge in [0.2, 0.25) is 5.91 Å². The van der Waals surface area contributed by atoms with Gasteiger partial charge in [0.25, 0.3) is 0 Å². The summed E-state index contributed by atoms with van der Waals surface area (Å²) in [6.45, 7) is -0.0905. The van der Waals surface area contributed by atoms with Gasteiger partial charge in [0.1, 0.15) is 5.75 Å². The summed E-state index contributed by atoms with van der Waals surface area (Å²) in [4.78, 5) is 11.4. The highest BCUT2D eigenvalue weighted by Gasteiger charge is 2.42. The lowest BCUT2D eigenvalue weighted by Gasteiger charge is -2.11. The van der Waals surface area contributed by atoms with Crippen LogP contribution in [-0.2, 0) is 11.3 Å². The van der Waals surface area contributed by atoms with Crippen LogP contribution in [0.3, 0.4) is 0 Å². The predicted octanol–water partition coefficient (Wildman–Crippen LogP) is 2.04. The first-order valence-electron chi connectivity index (χ1n) is 5.09. The highest BCUT2D eigenvalue weighted by molar-refractivity contribution is 6.07. The molecule has 1 aliphatic heterocycles. The maximum atomic E-state index is 12.4. The Balaban J connectivity index is 2.15. The van der Waals surface area contributed by atoms with E-state index in [9.17, 15) is 23.1 Å². The quantitative estimate of drug-likeness (QED) is 0.882. The van der Waals surface area contributed by atoms with E-state index in [0.29, 0.717) is 5.56 Å². The Morgan fingerprint density at radius 3 is 2.67 bits per heavy atom. The molecule has 1 aliphatic rings. The molecule has 0 fully saturated rings. The van der Waals surface area contributed by atoms with Crippen molar-refractivity contribution in [3.8, 4) is 5.75 Å². The zero-order chi connectivity index (χ0) is 13.3. The van der Waals surface area contributed by atoms with Crippen LogP contribution in [-0.4, -0.2) is 27.9 Å². The second-order valence-electron chi connectivity index (χ2n) is 3.84. The number of benzene rings is 1. The van der Waals surface area contributed by atoms with Crippen molar-refractivity contribution in [3.05, 3.63) is 29.8 Å². The fourth-order valence-corrected chi connectivity index (χ4v) is 1.58. The molecular weight excluding hydrogens is 249 g/mol. The zero-order valence-electron chi connectivity index (χ0n) is 9.11. The third-order valence-electron chi connectivity index (χ3n) is 2.42. The Morgan fingerprint density at radius 1 is 1.39 bits per heavy atom. The van der Waals surface area contributed by atoms with E-state index >= 15 is 0 Å². The molecule has 7 heteroatoms. The molecule has 96 valence electrons. The maximum absolute atomic E-state index is 12.4. The molecular formula is C11H9F3N2O2. The van der Waals surface area contributed by atoms with Gasteiger partial charge in [0.15, 0.2) is 5.71 Å². The van der Waals surface area contributed by atoms with E-state index in [4.69, 9.17) is 0 Å². The van der Waals surface area contributed by atoms with Crippen LogP contribution in [0.25, 0.3) is 0 Å². The van der Waals surface area contributed by atoms with E-state index in [0.717, 1.165) is 5.01 Å². The molecule has 1 heterocycles. The zero-order valence-corrected chi connectivity index (χ0v) is 9.11. The maximum Gasteiger partial charge on any atom is 0.431 e. The van der Waals surface area contributed by atoms with Crippen molar-refractivity contribution in [2.75, 3.05) is 0 Å². The minimum atomic E-state index is -4.58. The summed E-state index contributed by atoms with van der Waals surface area (Å²) in [5.74, 6) is -0.718. The molecule has 1 aromatic rings. The van der Waals surface area contributed by atoms with Crippen molar-refractivity contribution in [3.63, 3.8) is 0 Å². The molecule has 0 aliphatic carbocycles. The number of hydrogen-bond acceptors (Lipinski definition) is 3. The first kappa shape index (κ1) is 12.4. The first-order valence-corrected chi connectivity index (χ1v) is 5.09. The molecule has 0 saturated carbocycles. The summed E-state index contributed by atoms with van der Waals surface area (Å²) in [7, 11) is 0. The monoisotopic (exact) mass is 258 g/mol. The molecule has 2 rings (SSSR count). The fraction of sp³-hybridized carbons (Fsp3) is 0.273. The number of hydrogen-bond donors (Lipinski definition) is 1. The van der Waals surface area contributed by atoms with Gasteiger partial charge in [-0.25, -0.2) is 5.01 Å². The highest BCUT2D eigenvalue weighted by atomic mass is 19.4. The van der Waals surface area contributed by atoms with Crippen LogP contribution in [0.2, 0.25) is 0 Å². The molecule has 0 radical (unpaired) electrons. The molecule has 0 aromatic heterocycles. The largest absolute Gasteiger partial charge is 0.508 e. The Hall–Kier alpha value is -2.05. The lowest BCUT2D eigenvalue weighted by molar-refractivity contribution is -0.129. The summed E-state index contributed by atoms with van der Waals surface area (Å²) in [6.07, 6.45) is -5.31. The lowest BCUT2D eigenvalue weighted by atomic mass is 10.2. The molecule has 4 nitrogen and oxygen atoms in total. The van der Waals surface area contributed by atoms with Crippen molar-refractivity contribution >= 4 is 11.6 Å². The van der Waals surface area contributed by atoms with E-state index in [1.807, 2.05) is 0 Å². The van der Waals surface area contributed by atoms with Gasteiger partial charge in [-0.05, 0) is 17.7 Å². The number of hydrazone groups is 1. The molecule has 0 saturated heterocycles. The van der Waals surface area contributed by atoms with Crippen molar-refractivity contribution in [1.82, 2.24) is 5.01 Å². The van der Waals surface area contributed by atoms with Gasteiger partial charge >= 0.3 is 6.18 Å². The summed E-state index contributed by atoms with van der Waals surface area (Å²) < 4.78 is 37.1. The van der Waals surface area contributed by atoms with Gasteiger partial charge in [0, 0.05) is 0 Å². The molecule has 0 bridgehead atoms.